The Labute approximate surface area is 193 Å². The quantitative estimate of drug-likeness (QED) is 0.443. The Morgan fingerprint density at radius 3 is 2.74 bits per heavy atom. The Morgan fingerprint density at radius 1 is 1.15 bits per heavy atom. The zero-order valence-electron chi connectivity index (χ0n) is 18.4. The molecule has 3 aromatic heterocycles. The van der Waals surface area contributed by atoms with Crippen molar-refractivity contribution in [1.29, 1.82) is 0 Å². The zero-order chi connectivity index (χ0) is 23.7. The van der Waals surface area contributed by atoms with Crippen LogP contribution in [0.15, 0.2) is 36.8 Å². The molecule has 1 aliphatic heterocycles. The number of nitrogens with zero attached hydrogens (tertiary/aromatic N) is 7. The first kappa shape index (κ1) is 21.9. The van der Waals surface area contributed by atoms with Crippen molar-refractivity contribution in [2.24, 2.45) is 13.0 Å². The molecule has 0 aliphatic carbocycles. The number of aromatic nitrogens is 7. The zero-order valence-corrected chi connectivity index (χ0v) is 18.4. The van der Waals surface area contributed by atoms with Crippen molar-refractivity contribution in [1.82, 2.24) is 40.3 Å². The number of nitrogens with two attached hydrogens (primary N) is 1. The van der Waals surface area contributed by atoms with E-state index in [0.717, 1.165) is 41.7 Å². The summed E-state index contributed by atoms with van der Waals surface area (Å²) in [6.45, 7) is 2.12. The van der Waals surface area contributed by atoms with Gasteiger partial charge in [0.25, 0.3) is 0 Å². The van der Waals surface area contributed by atoms with Gasteiger partial charge in [-0.2, -0.15) is 14.2 Å². The summed E-state index contributed by atoms with van der Waals surface area (Å²) in [5.41, 5.74) is 7.81. The van der Waals surface area contributed by atoms with Crippen LogP contribution in [0.2, 0.25) is 0 Å². The van der Waals surface area contributed by atoms with Crippen LogP contribution in [-0.2, 0) is 7.05 Å². The summed E-state index contributed by atoms with van der Waals surface area (Å²) in [6.07, 6.45) is 6.96. The molecule has 4 heterocycles. The minimum Gasteiger partial charge on any atom is -0.490 e. The standard InChI is InChI=1S/C22H23F2N9O/c1-32-11-15(10-28-32)14-8-16(21(25)27-9-14)22-29-30-31-33(22)17-2-3-18(20(24)19(17)23)34-12-13-4-6-26-7-5-13/h2-3,8-11,13,26H,4-7,12H2,1H3,(H2,25,27). The van der Waals surface area contributed by atoms with E-state index in [2.05, 4.69) is 30.9 Å². The fourth-order valence-corrected chi connectivity index (χ4v) is 3.95. The molecule has 3 N–H and O–H groups in total. The molecule has 1 aromatic carbocycles. The van der Waals surface area contributed by atoms with Gasteiger partial charge >= 0.3 is 0 Å². The molecule has 34 heavy (non-hydrogen) atoms. The Morgan fingerprint density at radius 2 is 1.97 bits per heavy atom. The number of nitrogens with one attached hydrogen (secondary N) is 1. The molecule has 1 fully saturated rings. The second kappa shape index (κ2) is 9.14. The first-order chi connectivity index (χ1) is 16.5. The Bertz CT molecular complexity index is 1310. The number of tetrazole rings is 1. The normalized spacial score (nSPS) is 14.4. The van der Waals surface area contributed by atoms with Gasteiger partial charge in [0.15, 0.2) is 17.4 Å². The number of nitrogen functional groups attached to an aromatic ring is 1. The molecule has 0 saturated carbocycles. The maximum atomic E-state index is 15.1. The van der Waals surface area contributed by atoms with Crippen LogP contribution in [0.5, 0.6) is 5.75 Å². The van der Waals surface area contributed by atoms with Crippen molar-refractivity contribution in [2.75, 3.05) is 25.4 Å². The number of ether oxygens (including phenoxy) is 1. The van der Waals surface area contributed by atoms with Crippen molar-refractivity contribution < 1.29 is 13.5 Å². The number of aryl methyl sites for hydroxylation is 1. The molecule has 176 valence electrons. The second-order valence-corrected chi connectivity index (χ2v) is 8.19. The van der Waals surface area contributed by atoms with Gasteiger partial charge in [0, 0.05) is 30.6 Å². The van der Waals surface area contributed by atoms with Gasteiger partial charge in [-0.05, 0) is 60.5 Å². The largest absolute Gasteiger partial charge is 0.490 e. The molecule has 0 atom stereocenters. The van der Waals surface area contributed by atoms with Crippen LogP contribution >= 0.6 is 0 Å². The number of halogens is 2. The summed E-state index contributed by atoms with van der Waals surface area (Å²) >= 11 is 0. The molecule has 4 aromatic rings. The maximum Gasteiger partial charge on any atom is 0.202 e. The van der Waals surface area contributed by atoms with Crippen LogP contribution in [0.25, 0.3) is 28.2 Å². The van der Waals surface area contributed by atoms with Gasteiger partial charge in [0.1, 0.15) is 11.5 Å². The highest BCUT2D eigenvalue weighted by Crippen LogP contribution is 2.31. The van der Waals surface area contributed by atoms with E-state index in [0.29, 0.717) is 18.1 Å². The van der Waals surface area contributed by atoms with Gasteiger partial charge in [0.2, 0.25) is 5.82 Å². The summed E-state index contributed by atoms with van der Waals surface area (Å²) < 4.78 is 38.3. The minimum atomic E-state index is -1.12. The lowest BCUT2D eigenvalue weighted by Crippen LogP contribution is -2.30. The summed E-state index contributed by atoms with van der Waals surface area (Å²) in [5.74, 6) is -1.79. The van der Waals surface area contributed by atoms with Gasteiger partial charge < -0.3 is 15.8 Å². The highest BCUT2D eigenvalue weighted by molar-refractivity contribution is 5.76. The van der Waals surface area contributed by atoms with Crippen LogP contribution in [-0.4, -0.2) is 54.7 Å². The van der Waals surface area contributed by atoms with Crippen molar-refractivity contribution in [3.05, 3.63) is 48.4 Å². The molecule has 0 amide bonds. The number of benzene rings is 1. The Kier molecular flexibility index (Phi) is 5.88. The van der Waals surface area contributed by atoms with Crippen molar-refractivity contribution >= 4 is 5.82 Å². The SMILES string of the molecule is Cn1cc(-c2cnc(N)c(-c3nnnn3-c3ccc(OCC4CCNCC4)c(F)c3F)c2)cn1. The topological polar surface area (TPSA) is 122 Å². The van der Waals surface area contributed by atoms with Crippen molar-refractivity contribution in [3.63, 3.8) is 0 Å². The molecule has 0 bridgehead atoms. The fraction of sp³-hybridized carbons (Fsp3) is 0.318. The fourth-order valence-electron chi connectivity index (χ4n) is 3.95. The highest BCUT2D eigenvalue weighted by atomic mass is 19.2. The molecule has 0 unspecified atom stereocenters. The van der Waals surface area contributed by atoms with Gasteiger partial charge in [-0.1, -0.05) is 0 Å². The number of rotatable bonds is 6. The molecule has 1 saturated heterocycles. The maximum absolute atomic E-state index is 15.1. The highest BCUT2D eigenvalue weighted by Gasteiger charge is 2.23. The van der Waals surface area contributed by atoms with E-state index >= 15 is 4.39 Å². The average molecular weight is 467 g/mol. The molecular weight excluding hydrogens is 444 g/mol. The van der Waals surface area contributed by atoms with Gasteiger partial charge in [-0.3, -0.25) is 4.68 Å². The van der Waals surface area contributed by atoms with Crippen molar-refractivity contribution in [2.45, 2.75) is 12.8 Å². The lowest BCUT2D eigenvalue weighted by Gasteiger charge is -2.22. The summed E-state index contributed by atoms with van der Waals surface area (Å²) in [7, 11) is 1.80. The van der Waals surface area contributed by atoms with E-state index < -0.39 is 11.6 Å². The van der Waals surface area contributed by atoms with Crippen LogP contribution in [0.1, 0.15) is 12.8 Å². The van der Waals surface area contributed by atoms with Crippen LogP contribution < -0.4 is 15.8 Å². The molecule has 1 aliphatic rings. The van der Waals surface area contributed by atoms with Gasteiger partial charge in [0.05, 0.1) is 18.4 Å². The van der Waals surface area contributed by atoms with Crippen LogP contribution in [0.4, 0.5) is 14.6 Å². The number of hydrogen-bond acceptors (Lipinski definition) is 8. The predicted molar refractivity (Wildman–Crippen MR) is 120 cm³/mol. The average Bonchev–Trinajstić information content (AvgIpc) is 3.50. The third-order valence-electron chi connectivity index (χ3n) is 5.86. The predicted octanol–water partition coefficient (Wildman–Crippen LogP) is 2.36. The van der Waals surface area contributed by atoms with Crippen LogP contribution in [0, 0.1) is 17.6 Å². The molecule has 0 radical (unpaired) electrons. The number of pyridine rings is 1. The van der Waals surface area contributed by atoms with Crippen LogP contribution in [0.3, 0.4) is 0 Å². The van der Waals surface area contributed by atoms with E-state index in [9.17, 15) is 4.39 Å². The summed E-state index contributed by atoms with van der Waals surface area (Å²) in [5, 5.41) is 18.9. The lowest BCUT2D eigenvalue weighted by atomic mass is 9.99. The van der Waals surface area contributed by atoms with E-state index in [1.165, 1.54) is 12.1 Å². The summed E-state index contributed by atoms with van der Waals surface area (Å²) in [6, 6.07) is 4.49. The number of piperidine rings is 1. The monoisotopic (exact) mass is 467 g/mol. The Hall–Kier alpha value is -3.93. The minimum absolute atomic E-state index is 0.123. The van der Waals surface area contributed by atoms with Crippen molar-refractivity contribution in [3.8, 4) is 34.0 Å². The van der Waals surface area contributed by atoms with E-state index in [4.69, 9.17) is 10.5 Å². The van der Waals surface area contributed by atoms with Gasteiger partial charge in [-0.15, -0.1) is 5.10 Å². The number of anilines is 1. The van der Waals surface area contributed by atoms with Gasteiger partial charge in [-0.25, -0.2) is 9.37 Å². The first-order valence-corrected chi connectivity index (χ1v) is 10.9. The summed E-state index contributed by atoms with van der Waals surface area (Å²) in [4.78, 5) is 4.22. The third-order valence-corrected chi connectivity index (χ3v) is 5.86. The Balaban J connectivity index is 1.46. The molecular formula is C22H23F2N9O. The molecule has 0 spiro atoms. The molecule has 10 nitrogen and oxygen atoms in total. The van der Waals surface area contributed by atoms with E-state index in [1.807, 2.05) is 6.20 Å². The molecule has 12 heteroatoms. The second-order valence-electron chi connectivity index (χ2n) is 8.19. The number of hydrogen-bond donors (Lipinski definition) is 2. The van der Waals surface area contributed by atoms with E-state index in [-0.39, 0.29) is 23.1 Å². The third kappa shape index (κ3) is 4.19. The smallest absolute Gasteiger partial charge is 0.202 e. The molecule has 5 rings (SSSR count). The first-order valence-electron chi connectivity index (χ1n) is 10.9. The van der Waals surface area contributed by atoms with E-state index in [1.54, 1.807) is 30.2 Å². The lowest BCUT2D eigenvalue weighted by molar-refractivity contribution is 0.206.